The molecule has 2 aliphatic rings. The monoisotopic (exact) mass is 690 g/mol. The quantitative estimate of drug-likeness (QED) is 0.146. The fourth-order valence-electron chi connectivity index (χ4n) is 9.14. The average Bonchev–Trinajstić information content (AvgIpc) is 3.57. The maximum atomic E-state index is 2.44. The van der Waals surface area contributed by atoms with Crippen molar-refractivity contribution in [3.8, 4) is 33.4 Å². The lowest BCUT2D eigenvalue weighted by molar-refractivity contribution is 0.676. The molecular weight excluding hydrogens is 649 g/mol. The van der Waals surface area contributed by atoms with Crippen LogP contribution in [0, 0.1) is 5.92 Å². The molecule has 8 aromatic carbocycles. The van der Waals surface area contributed by atoms with Crippen LogP contribution in [0.1, 0.15) is 53.0 Å². The predicted octanol–water partition coefficient (Wildman–Crippen LogP) is 14.3. The molecule has 0 aromatic heterocycles. The smallest absolute Gasteiger partial charge is 0.0314 e. The maximum Gasteiger partial charge on any atom is 0.0314 e. The highest BCUT2D eigenvalue weighted by Gasteiger charge is 2.32. The number of hydrogen-bond acceptors (Lipinski definition) is 0. The lowest BCUT2D eigenvalue weighted by atomic mass is 9.82. The molecule has 0 amide bonds. The van der Waals surface area contributed by atoms with Crippen molar-refractivity contribution < 1.29 is 0 Å². The minimum absolute atomic E-state index is 0.212. The van der Waals surface area contributed by atoms with Crippen LogP contribution in [0.2, 0.25) is 0 Å². The minimum Gasteiger partial charge on any atom is -0.0814 e. The van der Waals surface area contributed by atoms with Gasteiger partial charge in [0.2, 0.25) is 0 Å². The Kier molecular flexibility index (Phi) is 8.18. The van der Waals surface area contributed by atoms with Gasteiger partial charge in [0.05, 0.1) is 0 Å². The van der Waals surface area contributed by atoms with Gasteiger partial charge < -0.3 is 0 Å². The van der Waals surface area contributed by atoms with Crippen LogP contribution >= 0.6 is 0 Å². The van der Waals surface area contributed by atoms with Gasteiger partial charge in [-0.2, -0.15) is 0 Å². The van der Waals surface area contributed by atoms with E-state index in [1.165, 1.54) is 88.3 Å². The van der Waals surface area contributed by atoms with Crippen LogP contribution in [-0.2, 0) is 6.42 Å². The van der Waals surface area contributed by atoms with Crippen molar-refractivity contribution in [1.82, 2.24) is 0 Å². The summed E-state index contributed by atoms with van der Waals surface area (Å²) >= 11 is 0. The third kappa shape index (κ3) is 5.89. The molecule has 0 nitrogen and oxygen atoms in total. The van der Waals surface area contributed by atoms with Gasteiger partial charge in [-0.25, -0.2) is 0 Å². The molecule has 0 saturated heterocycles. The van der Waals surface area contributed by atoms with E-state index < -0.39 is 0 Å². The van der Waals surface area contributed by atoms with Crippen molar-refractivity contribution in [3.63, 3.8) is 0 Å². The molecule has 10 rings (SSSR count). The average molecular weight is 691 g/mol. The van der Waals surface area contributed by atoms with Gasteiger partial charge in [0.15, 0.2) is 0 Å². The third-order valence-electron chi connectivity index (χ3n) is 11.9. The summed E-state index contributed by atoms with van der Waals surface area (Å²) in [5.74, 6) is 1.13. The van der Waals surface area contributed by atoms with E-state index >= 15 is 0 Å². The second kappa shape index (κ2) is 13.6. The zero-order valence-electron chi connectivity index (χ0n) is 30.6. The standard InChI is InChI=1S/C54H42/c1-36-10-9-14-46(32-36)54-49-17-8-7-16-48(49)53-34-44(30-31-50(53)54)40-20-18-37(19-21-40)33-51(42-24-22-39(23-25-42)38-11-3-2-4-12-38)45-29-28-43-27-26-41-13-5-6-15-47(41)52(43)35-45/h2-31,34-36,51,54H,32-33H2,1H3/t36?,51-,54?/m1/s1. The van der Waals surface area contributed by atoms with Crippen LogP contribution in [-0.4, -0.2) is 0 Å². The van der Waals surface area contributed by atoms with E-state index in [9.17, 15) is 0 Å². The van der Waals surface area contributed by atoms with Crippen LogP contribution in [0.5, 0.6) is 0 Å². The molecule has 0 radical (unpaired) electrons. The van der Waals surface area contributed by atoms with E-state index in [2.05, 4.69) is 201 Å². The van der Waals surface area contributed by atoms with Crippen molar-refractivity contribution >= 4 is 21.5 Å². The maximum absolute atomic E-state index is 2.44. The van der Waals surface area contributed by atoms with Crippen LogP contribution in [0.4, 0.5) is 0 Å². The van der Waals surface area contributed by atoms with E-state index in [1.54, 1.807) is 0 Å². The second-order valence-corrected chi connectivity index (χ2v) is 15.3. The first-order valence-corrected chi connectivity index (χ1v) is 19.4. The van der Waals surface area contributed by atoms with Gasteiger partial charge in [0.25, 0.3) is 0 Å². The number of hydrogen-bond donors (Lipinski definition) is 0. The largest absolute Gasteiger partial charge is 0.0814 e. The SMILES string of the molecule is CC1C=CC=C(C2c3ccccc3-c3cc(-c4ccc(C[C@H](c5ccc(-c6ccccc6)cc5)c5ccc6ccc7ccccc7c6c5)cc4)ccc32)C1. The first kappa shape index (κ1) is 32.4. The Bertz CT molecular complexity index is 2710. The lowest BCUT2D eigenvalue weighted by Crippen LogP contribution is -2.07. The highest BCUT2D eigenvalue weighted by Crippen LogP contribution is 2.51. The van der Waals surface area contributed by atoms with E-state index in [1.807, 2.05) is 0 Å². The molecule has 0 saturated carbocycles. The fourth-order valence-corrected chi connectivity index (χ4v) is 9.14. The Labute approximate surface area is 318 Å². The van der Waals surface area contributed by atoms with Gasteiger partial charge in [-0.05, 0) is 114 Å². The minimum atomic E-state index is 0.212. The Hall–Kier alpha value is -6.24. The summed E-state index contributed by atoms with van der Waals surface area (Å²) in [5, 5.41) is 5.19. The normalized spacial score (nSPS) is 16.6. The van der Waals surface area contributed by atoms with Crippen molar-refractivity contribution in [3.05, 3.63) is 228 Å². The molecule has 2 unspecified atom stereocenters. The fraction of sp³-hybridized carbons (Fsp3) is 0.111. The van der Waals surface area contributed by atoms with Crippen LogP contribution in [0.25, 0.3) is 54.9 Å². The van der Waals surface area contributed by atoms with E-state index in [0.717, 1.165) is 12.8 Å². The Morgan fingerprint density at radius 3 is 1.96 bits per heavy atom. The van der Waals surface area contributed by atoms with Gasteiger partial charge >= 0.3 is 0 Å². The predicted molar refractivity (Wildman–Crippen MR) is 229 cm³/mol. The zero-order chi connectivity index (χ0) is 36.0. The van der Waals surface area contributed by atoms with Crippen LogP contribution < -0.4 is 0 Å². The van der Waals surface area contributed by atoms with Gasteiger partial charge in [-0.3, -0.25) is 0 Å². The Balaban J connectivity index is 0.995. The molecule has 0 aliphatic heterocycles. The highest BCUT2D eigenvalue weighted by atomic mass is 14.3. The number of fused-ring (bicyclic) bond motifs is 6. The first-order chi connectivity index (χ1) is 26.7. The van der Waals surface area contributed by atoms with Gasteiger partial charge in [-0.1, -0.05) is 195 Å². The van der Waals surface area contributed by atoms with Crippen LogP contribution in [0.3, 0.4) is 0 Å². The molecule has 0 N–H and O–H groups in total. The van der Waals surface area contributed by atoms with E-state index in [4.69, 9.17) is 0 Å². The molecule has 0 spiro atoms. The summed E-state index contributed by atoms with van der Waals surface area (Å²) in [6, 6.07) is 65.8. The number of rotatable bonds is 7. The molecular formula is C54H42. The topological polar surface area (TPSA) is 0 Å². The first-order valence-electron chi connectivity index (χ1n) is 19.4. The summed E-state index contributed by atoms with van der Waals surface area (Å²) in [6.45, 7) is 2.32. The van der Waals surface area contributed by atoms with E-state index in [0.29, 0.717) is 11.8 Å². The molecule has 0 heteroatoms. The second-order valence-electron chi connectivity index (χ2n) is 15.3. The van der Waals surface area contributed by atoms with Crippen LogP contribution in [0.15, 0.2) is 200 Å². The summed E-state index contributed by atoms with van der Waals surface area (Å²) in [7, 11) is 0. The molecule has 258 valence electrons. The Morgan fingerprint density at radius 2 is 1.13 bits per heavy atom. The molecule has 0 bridgehead atoms. The molecule has 54 heavy (non-hydrogen) atoms. The Morgan fingerprint density at radius 1 is 0.500 bits per heavy atom. The van der Waals surface area contributed by atoms with E-state index in [-0.39, 0.29) is 5.92 Å². The molecule has 0 heterocycles. The molecule has 8 aromatic rings. The van der Waals surface area contributed by atoms with Crippen molar-refractivity contribution in [2.24, 2.45) is 5.92 Å². The number of benzene rings is 8. The summed E-state index contributed by atoms with van der Waals surface area (Å²) in [4.78, 5) is 0. The van der Waals surface area contributed by atoms with Crippen molar-refractivity contribution in [1.29, 1.82) is 0 Å². The lowest BCUT2D eigenvalue weighted by Gasteiger charge is -2.22. The molecule has 3 atom stereocenters. The third-order valence-corrected chi connectivity index (χ3v) is 11.9. The molecule has 0 fully saturated rings. The van der Waals surface area contributed by atoms with Crippen molar-refractivity contribution in [2.75, 3.05) is 0 Å². The zero-order valence-corrected chi connectivity index (χ0v) is 30.6. The summed E-state index contributed by atoms with van der Waals surface area (Å²) in [6.07, 6.45) is 8.97. The van der Waals surface area contributed by atoms with Gasteiger partial charge in [-0.15, -0.1) is 0 Å². The van der Waals surface area contributed by atoms with Gasteiger partial charge in [0.1, 0.15) is 0 Å². The molecule has 2 aliphatic carbocycles. The highest BCUT2D eigenvalue weighted by molar-refractivity contribution is 6.07. The summed E-state index contributed by atoms with van der Waals surface area (Å²) < 4.78 is 0. The number of allylic oxidation sites excluding steroid dienone is 4. The van der Waals surface area contributed by atoms with Crippen molar-refractivity contribution in [2.45, 2.75) is 31.6 Å². The summed E-state index contributed by atoms with van der Waals surface area (Å²) in [5.41, 5.74) is 16.2. The van der Waals surface area contributed by atoms with Gasteiger partial charge in [0, 0.05) is 11.8 Å².